The van der Waals surface area contributed by atoms with Crippen molar-refractivity contribution >= 4 is 0 Å². The van der Waals surface area contributed by atoms with E-state index in [0.29, 0.717) is 11.1 Å². The molecular formula is C16H18N2O2. The number of aromatic hydroxyl groups is 2. The Hall–Kier alpha value is -2.04. The number of nitrogens with one attached hydrogen (secondary N) is 2. The SMILES string of the molecule is [2H]C1([2H])NC(c2ccc(O)cc2)C([2H])([2H])NC1c1ccc(O)cc1. The standard InChI is InChI=1S/C16H18N2O2/c19-13-5-1-11(2-6-13)15-9-18-16(10-17-15)12-3-7-14(20)8-4-12/h1-8,15-20H,9-10H2/i9D2,10D2. The lowest BCUT2D eigenvalue weighted by Crippen LogP contribution is -2.45. The first-order valence-electron chi connectivity index (χ1n) is 8.32. The van der Waals surface area contributed by atoms with Gasteiger partial charge in [-0.1, -0.05) is 24.3 Å². The van der Waals surface area contributed by atoms with Crippen LogP contribution in [0.25, 0.3) is 0 Å². The van der Waals surface area contributed by atoms with Gasteiger partial charge in [-0.25, -0.2) is 0 Å². The molecule has 0 amide bonds. The van der Waals surface area contributed by atoms with Gasteiger partial charge in [0.2, 0.25) is 0 Å². The molecule has 4 N–H and O–H groups in total. The Kier molecular flexibility index (Phi) is 2.49. The van der Waals surface area contributed by atoms with E-state index in [1.54, 1.807) is 24.3 Å². The number of rotatable bonds is 2. The lowest BCUT2D eigenvalue weighted by atomic mass is 10.00. The predicted molar refractivity (Wildman–Crippen MR) is 77.7 cm³/mol. The van der Waals surface area contributed by atoms with Crippen LogP contribution in [-0.4, -0.2) is 23.2 Å². The summed E-state index contributed by atoms with van der Waals surface area (Å²) in [6, 6.07) is 10.1. The number of phenolic OH excluding ortho intramolecular Hbond substituents is 2. The summed E-state index contributed by atoms with van der Waals surface area (Å²) in [6.45, 7) is -3.85. The van der Waals surface area contributed by atoms with Gasteiger partial charge in [-0.15, -0.1) is 0 Å². The fourth-order valence-corrected chi connectivity index (χ4v) is 2.07. The number of phenols is 2. The molecule has 1 aliphatic heterocycles. The Balaban J connectivity index is 1.93. The van der Waals surface area contributed by atoms with Gasteiger partial charge in [0.15, 0.2) is 0 Å². The second-order valence-electron chi connectivity index (χ2n) is 4.63. The van der Waals surface area contributed by atoms with Gasteiger partial charge < -0.3 is 20.8 Å². The Morgan fingerprint density at radius 3 is 1.45 bits per heavy atom. The first-order valence-corrected chi connectivity index (χ1v) is 6.32. The van der Waals surface area contributed by atoms with Crippen LogP contribution in [0.2, 0.25) is 0 Å². The summed E-state index contributed by atoms with van der Waals surface area (Å²) in [4.78, 5) is 0. The maximum atomic E-state index is 9.38. The van der Waals surface area contributed by atoms with Gasteiger partial charge >= 0.3 is 0 Å². The van der Waals surface area contributed by atoms with Crippen LogP contribution in [0.15, 0.2) is 48.5 Å². The van der Waals surface area contributed by atoms with E-state index in [9.17, 15) is 10.2 Å². The summed E-state index contributed by atoms with van der Waals surface area (Å²) in [5.41, 5.74) is 1.05. The molecule has 0 spiro atoms. The molecule has 20 heavy (non-hydrogen) atoms. The van der Waals surface area contributed by atoms with E-state index >= 15 is 0 Å². The molecule has 0 aliphatic carbocycles. The van der Waals surface area contributed by atoms with Crippen molar-refractivity contribution in [2.75, 3.05) is 13.0 Å². The summed E-state index contributed by atoms with van der Waals surface area (Å²) in [6.07, 6.45) is 0. The van der Waals surface area contributed by atoms with E-state index in [1.165, 1.54) is 24.3 Å². The van der Waals surface area contributed by atoms with Crippen molar-refractivity contribution in [1.82, 2.24) is 10.6 Å². The minimum Gasteiger partial charge on any atom is -0.508 e. The van der Waals surface area contributed by atoms with Crippen molar-refractivity contribution in [3.63, 3.8) is 0 Å². The molecule has 1 aliphatic rings. The van der Waals surface area contributed by atoms with Gasteiger partial charge in [0.25, 0.3) is 0 Å². The Bertz CT molecular complexity index is 656. The average molecular weight is 274 g/mol. The van der Waals surface area contributed by atoms with Gasteiger partial charge in [-0.2, -0.15) is 0 Å². The minimum absolute atomic E-state index is 0.0630. The van der Waals surface area contributed by atoms with Gasteiger partial charge in [0.1, 0.15) is 11.5 Å². The highest BCUT2D eigenvalue weighted by Crippen LogP contribution is 2.23. The normalized spacial score (nSPS) is 30.6. The topological polar surface area (TPSA) is 64.5 Å². The van der Waals surface area contributed by atoms with E-state index in [1.807, 2.05) is 0 Å². The highest BCUT2D eigenvalue weighted by Gasteiger charge is 2.21. The summed E-state index contributed by atoms with van der Waals surface area (Å²) in [7, 11) is 0. The lowest BCUT2D eigenvalue weighted by Gasteiger charge is -2.31. The van der Waals surface area contributed by atoms with E-state index in [-0.39, 0.29) is 11.5 Å². The molecule has 2 aromatic carbocycles. The molecule has 104 valence electrons. The molecule has 3 rings (SSSR count). The van der Waals surface area contributed by atoms with Crippen LogP contribution in [0, 0.1) is 0 Å². The van der Waals surface area contributed by atoms with E-state index in [2.05, 4.69) is 10.6 Å². The number of piperazine rings is 1. The highest BCUT2D eigenvalue weighted by molar-refractivity contribution is 5.31. The second-order valence-corrected chi connectivity index (χ2v) is 4.63. The summed E-state index contributed by atoms with van der Waals surface area (Å²) in [5, 5.41) is 24.2. The third kappa shape index (κ3) is 2.76. The Morgan fingerprint density at radius 1 is 0.750 bits per heavy atom. The number of hydrogen-bond acceptors (Lipinski definition) is 4. The van der Waals surface area contributed by atoms with Crippen LogP contribution >= 0.6 is 0 Å². The first-order chi connectivity index (χ1) is 11.2. The molecule has 4 nitrogen and oxygen atoms in total. The van der Waals surface area contributed by atoms with Crippen LogP contribution in [0.1, 0.15) is 28.7 Å². The maximum absolute atomic E-state index is 9.38. The molecule has 2 unspecified atom stereocenters. The van der Waals surface area contributed by atoms with Crippen LogP contribution in [0.4, 0.5) is 0 Å². The van der Waals surface area contributed by atoms with Crippen molar-refractivity contribution in [2.45, 2.75) is 12.1 Å². The maximum Gasteiger partial charge on any atom is 0.115 e. The molecule has 0 bridgehead atoms. The van der Waals surface area contributed by atoms with Gasteiger partial charge in [0, 0.05) is 30.6 Å². The van der Waals surface area contributed by atoms with Crippen molar-refractivity contribution in [3.05, 3.63) is 59.7 Å². The summed E-state index contributed by atoms with van der Waals surface area (Å²) >= 11 is 0. The smallest absolute Gasteiger partial charge is 0.115 e. The zero-order chi connectivity index (χ0) is 17.5. The quantitative estimate of drug-likeness (QED) is 0.677. The average Bonchev–Trinajstić information content (AvgIpc) is 2.51. The van der Waals surface area contributed by atoms with Gasteiger partial charge in [-0.05, 0) is 35.4 Å². The molecule has 0 aromatic heterocycles. The third-order valence-corrected chi connectivity index (χ3v) is 3.20. The second kappa shape index (κ2) is 5.53. The van der Waals surface area contributed by atoms with E-state index in [4.69, 9.17) is 5.48 Å². The van der Waals surface area contributed by atoms with Gasteiger partial charge in [-0.3, -0.25) is 0 Å². The van der Waals surface area contributed by atoms with Crippen molar-refractivity contribution < 1.29 is 15.7 Å². The first kappa shape index (κ1) is 9.00. The predicted octanol–water partition coefficient (Wildman–Crippen LogP) is 2.07. The lowest BCUT2D eigenvalue weighted by molar-refractivity contribution is 0.356. The van der Waals surface area contributed by atoms with Crippen molar-refractivity contribution in [3.8, 4) is 11.5 Å². The van der Waals surface area contributed by atoms with Crippen molar-refractivity contribution in [1.29, 1.82) is 0 Å². The molecule has 1 heterocycles. The van der Waals surface area contributed by atoms with Crippen LogP contribution in [-0.2, 0) is 0 Å². The molecule has 1 fully saturated rings. The number of hydrogen-bond donors (Lipinski definition) is 4. The third-order valence-electron chi connectivity index (χ3n) is 3.20. The summed E-state index contributed by atoms with van der Waals surface area (Å²) in [5.74, 6) is 0.126. The van der Waals surface area contributed by atoms with Crippen molar-refractivity contribution in [2.24, 2.45) is 0 Å². The van der Waals surface area contributed by atoms with Crippen LogP contribution in [0.5, 0.6) is 11.5 Å². The number of benzene rings is 2. The zero-order valence-corrected chi connectivity index (χ0v) is 10.7. The van der Waals surface area contributed by atoms with E-state index < -0.39 is 25.1 Å². The monoisotopic (exact) mass is 274 g/mol. The summed E-state index contributed by atoms with van der Waals surface area (Å²) < 4.78 is 33.2. The van der Waals surface area contributed by atoms with Crippen LogP contribution in [0.3, 0.4) is 0 Å². The molecule has 0 saturated carbocycles. The molecular weight excluding hydrogens is 252 g/mol. The molecule has 2 aromatic rings. The Morgan fingerprint density at radius 2 is 1.10 bits per heavy atom. The zero-order valence-electron chi connectivity index (χ0n) is 14.7. The highest BCUT2D eigenvalue weighted by atomic mass is 16.3. The molecule has 2 atom stereocenters. The minimum atomic E-state index is -1.93. The molecule has 0 radical (unpaired) electrons. The Labute approximate surface area is 123 Å². The van der Waals surface area contributed by atoms with Gasteiger partial charge in [0.05, 0.1) is 0 Å². The largest absolute Gasteiger partial charge is 0.508 e. The molecule has 4 heteroatoms. The fourth-order valence-electron chi connectivity index (χ4n) is 2.07. The molecule has 1 saturated heterocycles. The van der Waals surface area contributed by atoms with E-state index in [0.717, 1.165) is 0 Å². The van der Waals surface area contributed by atoms with Crippen LogP contribution < -0.4 is 10.6 Å². The fraction of sp³-hybridized carbons (Fsp3) is 0.250.